The van der Waals surface area contributed by atoms with Gasteiger partial charge in [0.25, 0.3) is 7.44 Å². The van der Waals surface area contributed by atoms with E-state index in [-0.39, 0.29) is 11.6 Å². The standard InChI is InChI=1S/C25H27N4O2P/c30-24-13-17-27(18-14-24)25(21-11-15-26-16-12-21)32(31)28(22-7-3-1-4-8-22)19-20-29(32)23-9-5-2-6-10-23/h1-12,15-16,25H,13-14,17-20H2. The molecule has 1 atom stereocenters. The molecule has 32 heavy (non-hydrogen) atoms. The number of Topliss-reactive ketones (excluding diaryl/α,β-unsaturated/α-hetero) is 1. The SMILES string of the molecule is O=C1CCN(C(c2ccncc2)P2(=O)N(c3ccccc3)CCN2c2ccccc2)CC1. The summed E-state index contributed by atoms with van der Waals surface area (Å²) in [5, 5.41) is 0. The lowest BCUT2D eigenvalue weighted by molar-refractivity contribution is -0.121. The molecule has 2 saturated heterocycles. The van der Waals surface area contributed by atoms with Crippen molar-refractivity contribution < 1.29 is 9.36 Å². The van der Waals surface area contributed by atoms with Gasteiger partial charge in [0.05, 0.1) is 0 Å². The summed E-state index contributed by atoms with van der Waals surface area (Å²) in [4.78, 5) is 18.5. The van der Waals surface area contributed by atoms with Crippen LogP contribution in [-0.2, 0) is 9.36 Å². The maximum atomic E-state index is 15.5. The van der Waals surface area contributed by atoms with Crippen molar-refractivity contribution in [3.63, 3.8) is 0 Å². The first kappa shape index (κ1) is 20.9. The molecule has 0 amide bonds. The molecule has 3 heterocycles. The summed E-state index contributed by atoms with van der Waals surface area (Å²) in [5.41, 5.74) is 2.89. The Balaban J connectivity index is 1.67. The lowest BCUT2D eigenvalue weighted by Gasteiger charge is -2.44. The van der Waals surface area contributed by atoms with Gasteiger partial charge < -0.3 is 9.34 Å². The number of anilines is 2. The minimum Gasteiger partial charge on any atom is -0.304 e. The number of likely N-dealkylation sites (tertiary alicyclic amines) is 1. The molecule has 0 radical (unpaired) electrons. The van der Waals surface area contributed by atoms with Gasteiger partial charge in [-0.15, -0.1) is 0 Å². The molecular formula is C25H27N4O2P. The molecule has 0 bridgehead atoms. The molecule has 164 valence electrons. The number of aromatic nitrogens is 1. The van der Waals surface area contributed by atoms with Gasteiger partial charge in [0.2, 0.25) is 0 Å². The summed E-state index contributed by atoms with van der Waals surface area (Å²) < 4.78 is 19.7. The highest BCUT2D eigenvalue weighted by molar-refractivity contribution is 7.67. The van der Waals surface area contributed by atoms with E-state index >= 15 is 4.57 Å². The van der Waals surface area contributed by atoms with Crippen LogP contribution in [0.4, 0.5) is 11.4 Å². The van der Waals surface area contributed by atoms with Crippen molar-refractivity contribution in [1.29, 1.82) is 0 Å². The van der Waals surface area contributed by atoms with Gasteiger partial charge in [-0.05, 0) is 42.0 Å². The Labute approximate surface area is 189 Å². The van der Waals surface area contributed by atoms with Crippen molar-refractivity contribution in [3.05, 3.63) is 90.8 Å². The zero-order chi connectivity index (χ0) is 22.0. The number of hydrogen-bond acceptors (Lipinski definition) is 4. The van der Waals surface area contributed by atoms with Gasteiger partial charge in [0.15, 0.2) is 0 Å². The first-order chi connectivity index (χ1) is 15.7. The third-order valence-corrected chi connectivity index (χ3v) is 9.86. The van der Waals surface area contributed by atoms with E-state index in [9.17, 15) is 4.79 Å². The molecule has 1 aromatic heterocycles. The van der Waals surface area contributed by atoms with E-state index < -0.39 is 7.44 Å². The van der Waals surface area contributed by atoms with Crippen molar-refractivity contribution in [3.8, 4) is 0 Å². The lowest BCUT2D eigenvalue weighted by atomic mass is 10.1. The van der Waals surface area contributed by atoms with Crippen molar-refractivity contribution in [2.24, 2.45) is 0 Å². The summed E-state index contributed by atoms with van der Waals surface area (Å²) in [7, 11) is -3.20. The van der Waals surface area contributed by atoms with Crippen LogP contribution in [0.15, 0.2) is 85.2 Å². The fraction of sp³-hybridized carbons (Fsp3) is 0.280. The van der Waals surface area contributed by atoms with Crippen LogP contribution in [0.1, 0.15) is 24.2 Å². The van der Waals surface area contributed by atoms with Gasteiger partial charge >= 0.3 is 0 Å². The molecule has 1 unspecified atom stereocenters. The molecule has 0 N–H and O–H groups in total. The Morgan fingerprint density at radius 3 is 1.72 bits per heavy atom. The Morgan fingerprint density at radius 1 is 0.719 bits per heavy atom. The predicted molar refractivity (Wildman–Crippen MR) is 128 cm³/mol. The smallest absolute Gasteiger partial charge is 0.284 e. The van der Waals surface area contributed by atoms with E-state index in [1.54, 1.807) is 12.4 Å². The van der Waals surface area contributed by atoms with Gasteiger partial charge in [-0.2, -0.15) is 0 Å². The molecule has 2 aliphatic heterocycles. The highest BCUT2D eigenvalue weighted by Gasteiger charge is 2.52. The molecule has 0 saturated carbocycles. The highest BCUT2D eigenvalue weighted by atomic mass is 31.2. The maximum Gasteiger partial charge on any atom is 0.284 e. The van der Waals surface area contributed by atoms with Crippen LogP contribution >= 0.6 is 7.44 Å². The monoisotopic (exact) mass is 446 g/mol. The number of piperidine rings is 1. The first-order valence-corrected chi connectivity index (χ1v) is 12.8. The molecule has 0 spiro atoms. The Hall–Kier alpha value is -2.95. The lowest BCUT2D eigenvalue weighted by Crippen LogP contribution is -2.40. The van der Waals surface area contributed by atoms with Crippen molar-refractivity contribution >= 4 is 24.6 Å². The van der Waals surface area contributed by atoms with Crippen molar-refractivity contribution in [1.82, 2.24) is 9.88 Å². The number of ketones is 1. The molecule has 5 rings (SSSR count). The second-order valence-electron chi connectivity index (χ2n) is 8.24. The van der Waals surface area contributed by atoms with E-state index in [0.29, 0.717) is 39.0 Å². The fourth-order valence-electron chi connectivity index (χ4n) is 4.83. The number of carbonyl (C=O) groups excluding carboxylic acids is 1. The highest BCUT2D eigenvalue weighted by Crippen LogP contribution is 2.69. The van der Waals surface area contributed by atoms with Crippen LogP contribution in [0.25, 0.3) is 0 Å². The molecule has 2 fully saturated rings. The predicted octanol–water partition coefficient (Wildman–Crippen LogP) is 4.97. The number of pyridine rings is 1. The van der Waals surface area contributed by atoms with Crippen LogP contribution in [0.2, 0.25) is 0 Å². The molecule has 0 aliphatic carbocycles. The second kappa shape index (κ2) is 8.89. The summed E-state index contributed by atoms with van der Waals surface area (Å²) in [5.74, 6) is -0.0826. The Kier molecular flexibility index (Phi) is 5.81. The van der Waals surface area contributed by atoms with Crippen LogP contribution in [0, 0.1) is 0 Å². The second-order valence-corrected chi connectivity index (χ2v) is 10.9. The molecule has 6 nitrogen and oxygen atoms in total. The van der Waals surface area contributed by atoms with Crippen LogP contribution in [0.5, 0.6) is 0 Å². The maximum absolute atomic E-state index is 15.5. The number of carbonyl (C=O) groups is 1. The molecule has 3 aromatic rings. The molecule has 7 heteroatoms. The summed E-state index contributed by atoms with van der Waals surface area (Å²) in [6.45, 7) is 2.57. The normalized spacial score (nSPS) is 19.8. The minimum atomic E-state index is -3.20. The summed E-state index contributed by atoms with van der Waals surface area (Å²) in [6, 6.07) is 24.0. The van der Waals surface area contributed by atoms with Gasteiger partial charge in [-0.3, -0.25) is 19.2 Å². The summed E-state index contributed by atoms with van der Waals surface area (Å²) >= 11 is 0. The van der Waals surface area contributed by atoms with Gasteiger partial charge in [0, 0.05) is 62.8 Å². The number of nitrogens with zero attached hydrogens (tertiary/aromatic N) is 4. The molecular weight excluding hydrogens is 419 g/mol. The number of hydrogen-bond donors (Lipinski definition) is 0. The topological polar surface area (TPSA) is 56.8 Å². The van der Waals surface area contributed by atoms with E-state index in [1.165, 1.54) is 0 Å². The van der Waals surface area contributed by atoms with Gasteiger partial charge in [0.1, 0.15) is 11.6 Å². The Bertz CT molecular complexity index is 1050. The Morgan fingerprint density at radius 2 is 1.22 bits per heavy atom. The van der Waals surface area contributed by atoms with Crippen molar-refractivity contribution in [2.45, 2.75) is 18.6 Å². The number of rotatable bonds is 5. The number of para-hydroxylation sites is 2. The fourth-order valence-corrected chi connectivity index (χ4v) is 8.52. The third-order valence-electron chi connectivity index (χ3n) is 6.35. The molecule has 2 aliphatic rings. The van der Waals surface area contributed by atoms with E-state index in [1.807, 2.05) is 72.8 Å². The van der Waals surface area contributed by atoms with Gasteiger partial charge in [-0.25, -0.2) is 0 Å². The zero-order valence-corrected chi connectivity index (χ0v) is 18.8. The molecule has 2 aromatic carbocycles. The largest absolute Gasteiger partial charge is 0.304 e. The minimum absolute atomic E-state index is 0.277. The van der Waals surface area contributed by atoms with Gasteiger partial charge in [-0.1, -0.05) is 36.4 Å². The van der Waals surface area contributed by atoms with E-state index in [2.05, 4.69) is 19.2 Å². The zero-order valence-electron chi connectivity index (χ0n) is 18.0. The van der Waals surface area contributed by atoms with Crippen LogP contribution in [0.3, 0.4) is 0 Å². The quantitative estimate of drug-likeness (QED) is 0.516. The van der Waals surface area contributed by atoms with Crippen molar-refractivity contribution in [2.75, 3.05) is 35.5 Å². The number of benzene rings is 2. The van der Waals surface area contributed by atoms with Crippen LogP contribution in [-0.4, -0.2) is 41.8 Å². The average molecular weight is 446 g/mol. The first-order valence-electron chi connectivity index (χ1n) is 11.1. The average Bonchev–Trinajstić information content (AvgIpc) is 3.19. The third kappa shape index (κ3) is 3.74. The van der Waals surface area contributed by atoms with E-state index in [0.717, 1.165) is 16.9 Å². The van der Waals surface area contributed by atoms with Crippen LogP contribution < -0.4 is 9.34 Å². The van der Waals surface area contributed by atoms with E-state index in [4.69, 9.17) is 0 Å². The summed E-state index contributed by atoms with van der Waals surface area (Å²) in [6.07, 6.45) is 4.52.